The molecule has 4 N–H and O–H groups in total. The van der Waals surface area contributed by atoms with E-state index in [0.29, 0.717) is 5.56 Å². The molecule has 0 bridgehead atoms. The summed E-state index contributed by atoms with van der Waals surface area (Å²) in [6.07, 6.45) is 1.08. The van der Waals surface area contributed by atoms with Gasteiger partial charge in [-0.25, -0.2) is 14.2 Å². The van der Waals surface area contributed by atoms with E-state index < -0.39 is 23.5 Å². The van der Waals surface area contributed by atoms with Crippen LogP contribution >= 0.6 is 0 Å². The highest BCUT2D eigenvalue weighted by molar-refractivity contribution is 5.87. The first-order chi connectivity index (χ1) is 12.8. The standard InChI is InChI=1S/C17H13FN2O7/c18-11-4-1-9(2-5-11)14-12(15(27-20-14)17(23,24)25)8-26-13-6-3-10(7-19-13)16(21)22/h1-7,23-25H,8H2,(H,21,22). The van der Waals surface area contributed by atoms with Crippen molar-refractivity contribution in [2.75, 3.05) is 0 Å². The fourth-order valence-electron chi connectivity index (χ4n) is 2.28. The molecule has 0 unspecified atom stereocenters. The number of hydrogen-bond acceptors (Lipinski definition) is 8. The molecule has 0 atom stereocenters. The summed E-state index contributed by atoms with van der Waals surface area (Å²) in [5, 5.41) is 40.9. The molecule has 0 radical (unpaired) electrons. The number of aromatic carboxylic acids is 1. The van der Waals surface area contributed by atoms with Crippen molar-refractivity contribution in [2.45, 2.75) is 12.6 Å². The zero-order chi connectivity index (χ0) is 19.6. The minimum absolute atomic E-state index is 0.0155. The van der Waals surface area contributed by atoms with Gasteiger partial charge in [0.1, 0.15) is 18.1 Å². The SMILES string of the molecule is O=C(O)c1ccc(OCc2c(-c3ccc(F)cc3)noc2C(O)(O)O)nc1. The number of halogens is 1. The molecule has 0 fully saturated rings. The Balaban J connectivity index is 1.91. The van der Waals surface area contributed by atoms with Gasteiger partial charge in [-0.15, -0.1) is 0 Å². The minimum atomic E-state index is -3.31. The summed E-state index contributed by atoms with van der Waals surface area (Å²) >= 11 is 0. The molecule has 10 heteroatoms. The highest BCUT2D eigenvalue weighted by Crippen LogP contribution is 2.31. The maximum Gasteiger partial charge on any atom is 0.342 e. The van der Waals surface area contributed by atoms with Crippen LogP contribution in [0.4, 0.5) is 4.39 Å². The van der Waals surface area contributed by atoms with Crippen molar-refractivity contribution in [2.24, 2.45) is 0 Å². The lowest BCUT2D eigenvalue weighted by atomic mass is 10.1. The van der Waals surface area contributed by atoms with Gasteiger partial charge in [-0.05, 0) is 30.3 Å². The number of pyridine rings is 1. The number of nitrogens with zero attached hydrogens (tertiary/aromatic N) is 2. The Hall–Kier alpha value is -3.34. The van der Waals surface area contributed by atoms with Gasteiger partial charge in [-0.1, -0.05) is 5.16 Å². The Morgan fingerprint density at radius 3 is 2.41 bits per heavy atom. The van der Waals surface area contributed by atoms with E-state index in [1.807, 2.05) is 0 Å². The third-order valence-corrected chi connectivity index (χ3v) is 3.56. The predicted octanol–water partition coefficient (Wildman–Crippen LogP) is 1.24. The Morgan fingerprint density at radius 2 is 1.85 bits per heavy atom. The third kappa shape index (κ3) is 4.08. The Morgan fingerprint density at radius 1 is 1.15 bits per heavy atom. The maximum absolute atomic E-state index is 13.1. The quantitative estimate of drug-likeness (QED) is 0.467. The first kappa shape index (κ1) is 18.5. The van der Waals surface area contributed by atoms with E-state index in [4.69, 9.17) is 14.4 Å². The lowest BCUT2D eigenvalue weighted by Crippen LogP contribution is -2.25. The molecule has 0 saturated heterocycles. The van der Waals surface area contributed by atoms with Crippen molar-refractivity contribution in [3.63, 3.8) is 0 Å². The molecule has 0 saturated carbocycles. The van der Waals surface area contributed by atoms with Crippen molar-refractivity contribution in [1.29, 1.82) is 0 Å². The number of hydrogen-bond donors (Lipinski definition) is 4. The molecular weight excluding hydrogens is 363 g/mol. The highest BCUT2D eigenvalue weighted by atomic mass is 19.1. The van der Waals surface area contributed by atoms with Crippen molar-refractivity contribution in [1.82, 2.24) is 10.1 Å². The highest BCUT2D eigenvalue weighted by Gasteiger charge is 2.34. The monoisotopic (exact) mass is 376 g/mol. The Kier molecular flexibility index (Phi) is 4.86. The van der Waals surface area contributed by atoms with Crippen molar-refractivity contribution in [3.05, 3.63) is 65.3 Å². The van der Waals surface area contributed by atoms with Crippen LogP contribution in [0, 0.1) is 5.82 Å². The zero-order valence-electron chi connectivity index (χ0n) is 13.5. The number of carboxylic acids is 1. The van der Waals surface area contributed by atoms with Gasteiger partial charge in [0.2, 0.25) is 11.6 Å². The predicted molar refractivity (Wildman–Crippen MR) is 85.8 cm³/mol. The molecule has 27 heavy (non-hydrogen) atoms. The van der Waals surface area contributed by atoms with Crippen LogP contribution in [0.1, 0.15) is 21.7 Å². The number of rotatable bonds is 6. The summed E-state index contributed by atoms with van der Waals surface area (Å²) in [5.74, 6) is -5.59. The fourth-order valence-corrected chi connectivity index (χ4v) is 2.28. The minimum Gasteiger partial charge on any atom is -0.478 e. The summed E-state index contributed by atoms with van der Waals surface area (Å²) in [7, 11) is 0. The van der Waals surface area contributed by atoms with E-state index in [1.165, 1.54) is 36.4 Å². The first-order valence-electron chi connectivity index (χ1n) is 7.50. The molecule has 0 aliphatic carbocycles. The smallest absolute Gasteiger partial charge is 0.342 e. The van der Waals surface area contributed by atoms with Gasteiger partial charge >= 0.3 is 11.9 Å². The van der Waals surface area contributed by atoms with E-state index in [2.05, 4.69) is 10.1 Å². The Bertz CT molecular complexity index is 947. The number of aromatic nitrogens is 2. The number of carboxylic acid groups (broad SMARTS) is 1. The average Bonchev–Trinajstić information content (AvgIpc) is 3.05. The molecule has 3 rings (SSSR count). The summed E-state index contributed by atoms with van der Waals surface area (Å²) in [6.45, 7) is -0.353. The van der Waals surface area contributed by atoms with Gasteiger partial charge in [0.15, 0.2) is 0 Å². The van der Waals surface area contributed by atoms with Crippen molar-refractivity contribution in [3.8, 4) is 17.1 Å². The second-order valence-electron chi connectivity index (χ2n) is 5.46. The molecule has 0 aliphatic rings. The number of aliphatic hydroxyl groups is 3. The van der Waals surface area contributed by atoms with E-state index in [-0.39, 0.29) is 29.3 Å². The van der Waals surface area contributed by atoms with Gasteiger partial charge < -0.3 is 29.7 Å². The fraction of sp³-hybridized carbons (Fsp3) is 0.118. The molecular formula is C17H13FN2O7. The molecule has 140 valence electrons. The lowest BCUT2D eigenvalue weighted by Gasteiger charge is -2.13. The normalized spacial score (nSPS) is 11.4. The van der Waals surface area contributed by atoms with Crippen LogP contribution in [-0.2, 0) is 12.6 Å². The van der Waals surface area contributed by atoms with Gasteiger partial charge in [0.25, 0.3) is 0 Å². The van der Waals surface area contributed by atoms with Gasteiger partial charge in [0.05, 0.1) is 11.1 Å². The number of carbonyl (C=O) groups is 1. The maximum atomic E-state index is 13.1. The molecule has 2 aromatic heterocycles. The van der Waals surface area contributed by atoms with E-state index in [0.717, 1.165) is 6.20 Å². The van der Waals surface area contributed by atoms with E-state index >= 15 is 0 Å². The molecule has 0 spiro atoms. The molecule has 9 nitrogen and oxygen atoms in total. The Labute approximate surface area is 150 Å². The van der Waals surface area contributed by atoms with Crippen LogP contribution in [0.2, 0.25) is 0 Å². The summed E-state index contributed by atoms with van der Waals surface area (Å²) in [4.78, 5) is 14.6. The van der Waals surface area contributed by atoms with E-state index in [1.54, 1.807) is 0 Å². The van der Waals surface area contributed by atoms with E-state index in [9.17, 15) is 24.5 Å². The summed E-state index contributed by atoms with van der Waals surface area (Å²) < 4.78 is 23.3. The van der Waals surface area contributed by atoms with Crippen LogP contribution in [0.15, 0.2) is 47.1 Å². The second kappa shape index (κ2) is 7.11. The number of ether oxygens (including phenoxy) is 1. The van der Waals surface area contributed by atoms with Crippen LogP contribution in [0.3, 0.4) is 0 Å². The van der Waals surface area contributed by atoms with Gasteiger partial charge in [-0.3, -0.25) is 0 Å². The average molecular weight is 376 g/mol. The second-order valence-corrected chi connectivity index (χ2v) is 5.46. The first-order valence-corrected chi connectivity index (χ1v) is 7.50. The van der Waals surface area contributed by atoms with Crippen LogP contribution < -0.4 is 4.74 Å². The van der Waals surface area contributed by atoms with Crippen LogP contribution in [0.25, 0.3) is 11.3 Å². The largest absolute Gasteiger partial charge is 0.478 e. The molecule has 3 aromatic rings. The zero-order valence-corrected chi connectivity index (χ0v) is 13.5. The van der Waals surface area contributed by atoms with Gasteiger partial charge in [0, 0.05) is 17.8 Å². The van der Waals surface area contributed by atoms with Crippen LogP contribution in [-0.4, -0.2) is 36.5 Å². The molecule has 0 amide bonds. The summed E-state index contributed by atoms with van der Waals surface area (Å²) in [5.41, 5.74) is 0.412. The number of benzene rings is 1. The molecule has 0 aliphatic heterocycles. The third-order valence-electron chi connectivity index (χ3n) is 3.56. The molecule has 1 aromatic carbocycles. The molecule has 2 heterocycles. The van der Waals surface area contributed by atoms with Gasteiger partial charge in [-0.2, -0.15) is 0 Å². The lowest BCUT2D eigenvalue weighted by molar-refractivity contribution is -0.335. The topological polar surface area (TPSA) is 146 Å². The van der Waals surface area contributed by atoms with Crippen molar-refractivity contribution >= 4 is 5.97 Å². The summed E-state index contributed by atoms with van der Waals surface area (Å²) in [6, 6.07) is 7.68. The van der Waals surface area contributed by atoms with Crippen molar-refractivity contribution < 1.29 is 38.9 Å². The van der Waals surface area contributed by atoms with Crippen LogP contribution in [0.5, 0.6) is 5.88 Å².